The smallest absolute Gasteiger partial charge is 0.0743 e. The van der Waals surface area contributed by atoms with E-state index in [4.69, 9.17) is 0 Å². The van der Waals surface area contributed by atoms with Crippen LogP contribution < -0.4 is 15.6 Å². The van der Waals surface area contributed by atoms with Gasteiger partial charge in [0.05, 0.1) is 8.07 Å². The van der Waals surface area contributed by atoms with Gasteiger partial charge in [0.15, 0.2) is 0 Å². The fourth-order valence-electron chi connectivity index (χ4n) is 12.1. The van der Waals surface area contributed by atoms with E-state index >= 15 is 0 Å². The van der Waals surface area contributed by atoms with Crippen LogP contribution in [0.4, 0.5) is 0 Å². The predicted octanol–water partition coefficient (Wildman–Crippen LogP) is 14.4. The zero-order valence-electron chi connectivity index (χ0n) is 36.6. The molecule has 3 aliphatic rings. The van der Waals surface area contributed by atoms with Gasteiger partial charge in [-0.15, -0.1) is 0 Å². The molecule has 1 aliphatic heterocycles. The van der Waals surface area contributed by atoms with E-state index in [0.717, 1.165) is 5.39 Å². The number of benzene rings is 9. The van der Waals surface area contributed by atoms with Gasteiger partial charge in [-0.3, -0.25) is 0 Å². The first-order chi connectivity index (χ1) is 31.2. The highest BCUT2D eigenvalue weighted by Gasteiger charge is 2.46. The Labute approximate surface area is 376 Å². The summed E-state index contributed by atoms with van der Waals surface area (Å²) in [5.74, 6) is 0.322. The molecule has 10 aromatic carbocycles. The van der Waals surface area contributed by atoms with E-state index in [1.165, 1.54) is 110 Å². The average Bonchev–Trinajstić information content (AvgIpc) is 3.70. The molecule has 13 rings (SSSR count). The Hall–Kier alpha value is -7.24. The number of rotatable bonds is 4. The van der Waals surface area contributed by atoms with Crippen molar-refractivity contribution in [1.29, 1.82) is 0 Å². The van der Waals surface area contributed by atoms with Crippen LogP contribution in [0.15, 0.2) is 182 Å². The van der Waals surface area contributed by atoms with E-state index in [9.17, 15) is 0 Å². The van der Waals surface area contributed by atoms with Crippen molar-refractivity contribution in [2.45, 2.75) is 43.8 Å². The minimum atomic E-state index is -1.92. The molecule has 2 unspecified atom stereocenters. The minimum Gasteiger partial charge on any atom is -0.0743 e. The van der Waals surface area contributed by atoms with Crippen LogP contribution in [0, 0.1) is 12.1 Å². The average molecular weight is 831 g/mol. The van der Waals surface area contributed by atoms with E-state index in [1.807, 2.05) is 6.07 Å². The van der Waals surface area contributed by atoms with Gasteiger partial charge in [0, 0.05) is 16.7 Å². The van der Waals surface area contributed by atoms with Gasteiger partial charge in [-0.25, -0.2) is 0 Å². The molecule has 1 heterocycles. The van der Waals surface area contributed by atoms with E-state index in [-0.39, 0.29) is 5.41 Å². The molecule has 1 heteroatoms. The van der Waals surface area contributed by atoms with Crippen molar-refractivity contribution in [2.75, 3.05) is 0 Å². The maximum Gasteiger partial charge on any atom is 0.0887 e. The van der Waals surface area contributed by atoms with Gasteiger partial charge in [0.2, 0.25) is 0 Å². The minimum absolute atomic E-state index is 0.0692. The van der Waals surface area contributed by atoms with Gasteiger partial charge in [-0.05, 0) is 152 Å². The molecule has 0 saturated heterocycles. The monoisotopic (exact) mass is 830 g/mol. The maximum absolute atomic E-state index is 3.59. The molecule has 0 amide bonds. The fraction of sp³-hybridized carbons (Fsp3) is 0.111. The molecule has 0 fully saturated rings. The third-order valence-electron chi connectivity index (χ3n) is 15.4. The zero-order chi connectivity index (χ0) is 42.9. The zero-order valence-corrected chi connectivity index (χ0v) is 37.6. The molecule has 10 aromatic rings. The molecule has 0 bridgehead atoms. The fourth-order valence-corrected chi connectivity index (χ4v) is 15.8. The highest BCUT2D eigenvalue weighted by atomic mass is 28.3. The summed E-state index contributed by atoms with van der Waals surface area (Å²) < 4.78 is 0. The second kappa shape index (κ2) is 13.6. The topological polar surface area (TPSA) is 0 Å². The SMILES string of the molecule is CC1(C)c2ccccc2-c2ccc(-c3cccc(-c4c5c(c(-c6cccc7ccc#cc67)c6cc(-c7ccc8ccccc8c7)ccc46)=CC4C(C=5)c5ccccc5[Si]4(C)C)c3)cc21. The van der Waals surface area contributed by atoms with Crippen molar-refractivity contribution in [3.63, 3.8) is 0 Å². The maximum atomic E-state index is 3.59. The largest absolute Gasteiger partial charge is 0.0887 e. The van der Waals surface area contributed by atoms with Gasteiger partial charge in [0.25, 0.3) is 0 Å². The molecule has 302 valence electrons. The Morgan fingerprint density at radius 2 is 1.14 bits per heavy atom. The molecular weight excluding hydrogens is 785 g/mol. The predicted molar refractivity (Wildman–Crippen MR) is 274 cm³/mol. The van der Waals surface area contributed by atoms with Crippen LogP contribution in [-0.4, -0.2) is 8.07 Å². The molecule has 0 aromatic heterocycles. The van der Waals surface area contributed by atoms with Crippen LogP contribution in [0.5, 0.6) is 0 Å². The van der Waals surface area contributed by atoms with E-state index in [2.05, 4.69) is 227 Å². The molecule has 0 spiro atoms. The Morgan fingerprint density at radius 1 is 0.469 bits per heavy atom. The van der Waals surface area contributed by atoms with Crippen molar-refractivity contribution < 1.29 is 0 Å². The Kier molecular flexibility index (Phi) is 7.95. The lowest BCUT2D eigenvalue weighted by molar-refractivity contribution is 0.660. The van der Waals surface area contributed by atoms with Gasteiger partial charge in [-0.2, -0.15) is 0 Å². The number of hydrogen-bond acceptors (Lipinski definition) is 0. The standard InChI is InChI=1S/C63H46Si/c1-63(2)57-25-11-9-22-48(57)49-31-29-45(36-58(49)63)42-19-13-20-46(34-42)61-52-32-30-44(43-28-27-39-15-5-6-17-41(39)33-43)35-54(52)62(51-24-14-18-40-16-7-8-21-47(40)51)56-38-60-53(37-55(56)61)50-23-10-12-26-59(50)64(60,3)4/h5-7,9-20,22-38,53,60H,1-4H3. The summed E-state index contributed by atoms with van der Waals surface area (Å²) in [4.78, 5) is 0. The molecular formula is C63H46Si. The van der Waals surface area contributed by atoms with Crippen molar-refractivity contribution in [3.8, 4) is 55.6 Å². The van der Waals surface area contributed by atoms with Crippen molar-refractivity contribution in [3.05, 3.63) is 221 Å². The summed E-state index contributed by atoms with van der Waals surface area (Å²) in [7, 11) is -1.92. The molecule has 2 aliphatic carbocycles. The molecule has 0 N–H and O–H groups in total. The number of fused-ring (bicyclic) bond motifs is 10. The normalized spacial score (nSPS) is 17.1. The third-order valence-corrected chi connectivity index (χ3v) is 19.4. The van der Waals surface area contributed by atoms with Crippen LogP contribution in [0.2, 0.25) is 18.6 Å². The van der Waals surface area contributed by atoms with Gasteiger partial charge < -0.3 is 0 Å². The van der Waals surface area contributed by atoms with E-state index in [0.29, 0.717) is 11.5 Å². The molecule has 0 nitrogen and oxygen atoms in total. The summed E-state index contributed by atoms with van der Waals surface area (Å²) in [6, 6.07) is 75.5. The Bertz CT molecular complexity index is 3750. The van der Waals surface area contributed by atoms with Crippen LogP contribution in [-0.2, 0) is 5.41 Å². The van der Waals surface area contributed by atoms with Gasteiger partial charge in [0.1, 0.15) is 0 Å². The van der Waals surface area contributed by atoms with Crippen molar-refractivity contribution in [2.24, 2.45) is 0 Å². The first-order valence-electron chi connectivity index (χ1n) is 22.8. The van der Waals surface area contributed by atoms with Crippen LogP contribution in [0.25, 0.3) is 100 Å². The van der Waals surface area contributed by atoms with Crippen LogP contribution in [0.3, 0.4) is 0 Å². The van der Waals surface area contributed by atoms with Crippen molar-refractivity contribution in [1.82, 2.24) is 0 Å². The second-order valence-corrected chi connectivity index (χ2v) is 24.1. The van der Waals surface area contributed by atoms with Gasteiger partial charge in [-0.1, -0.05) is 202 Å². The highest BCUT2D eigenvalue weighted by Crippen LogP contribution is 2.51. The molecule has 64 heavy (non-hydrogen) atoms. The van der Waals surface area contributed by atoms with Crippen LogP contribution >= 0.6 is 0 Å². The first-order valence-corrected chi connectivity index (χ1v) is 25.9. The summed E-state index contributed by atoms with van der Waals surface area (Å²) in [6.45, 7) is 9.93. The second-order valence-electron chi connectivity index (χ2n) is 19.5. The molecule has 0 radical (unpaired) electrons. The number of hydrogen-bond donors (Lipinski definition) is 0. The lowest BCUT2D eigenvalue weighted by Crippen LogP contribution is -2.44. The summed E-state index contributed by atoms with van der Waals surface area (Å²) in [5, 5.41) is 11.6. The van der Waals surface area contributed by atoms with Crippen LogP contribution in [0.1, 0.15) is 36.5 Å². The molecule has 2 atom stereocenters. The highest BCUT2D eigenvalue weighted by molar-refractivity contribution is 6.93. The van der Waals surface area contributed by atoms with Gasteiger partial charge >= 0.3 is 0 Å². The first kappa shape index (κ1) is 37.3. The lowest BCUT2D eigenvalue weighted by atomic mass is 9.80. The Balaban J connectivity index is 1.12. The van der Waals surface area contributed by atoms with E-state index < -0.39 is 8.07 Å². The third kappa shape index (κ3) is 5.36. The summed E-state index contributed by atoms with van der Waals surface area (Å²) >= 11 is 0. The van der Waals surface area contributed by atoms with Crippen molar-refractivity contribution >= 4 is 57.7 Å². The molecule has 0 saturated carbocycles. The quantitative estimate of drug-likeness (QED) is 0.155. The Morgan fingerprint density at radius 3 is 2.06 bits per heavy atom. The summed E-state index contributed by atoms with van der Waals surface area (Å²) in [6.07, 6.45) is 5.40. The lowest BCUT2D eigenvalue weighted by Gasteiger charge is -2.29. The van der Waals surface area contributed by atoms with E-state index in [1.54, 1.807) is 5.19 Å². The summed E-state index contributed by atoms with van der Waals surface area (Å²) in [5.41, 5.74) is 17.4.